The second-order valence-corrected chi connectivity index (χ2v) is 8.44. The van der Waals surface area contributed by atoms with E-state index in [1.54, 1.807) is 14.2 Å². The van der Waals surface area contributed by atoms with Gasteiger partial charge in [-0.05, 0) is 38.1 Å². The van der Waals surface area contributed by atoms with Crippen LogP contribution in [0.3, 0.4) is 0 Å². The second-order valence-electron chi connectivity index (χ2n) is 4.85. The number of hydrogen-bond acceptors (Lipinski definition) is 3. The summed E-state index contributed by atoms with van der Waals surface area (Å²) in [5.74, 6) is 0. The molecule has 4 heteroatoms. The molecule has 0 aliphatic carbocycles. The Kier molecular flexibility index (Phi) is 11.5. The fourth-order valence-electron chi connectivity index (χ4n) is 1.74. The molecule has 0 aromatic rings. The Morgan fingerprint density at radius 3 is 2.39 bits per heavy atom. The molecule has 0 rings (SSSR count). The first-order valence-electron chi connectivity index (χ1n) is 7.17. The van der Waals surface area contributed by atoms with Gasteiger partial charge < -0.3 is 14.2 Å². The Balaban J connectivity index is 3.37. The lowest BCUT2D eigenvalue weighted by Crippen LogP contribution is -2.36. The van der Waals surface area contributed by atoms with Gasteiger partial charge in [0.15, 0.2) is 0 Å². The molecule has 0 aliphatic heterocycles. The molecule has 0 aromatic carbocycles. The summed E-state index contributed by atoms with van der Waals surface area (Å²) < 4.78 is 10.9. The zero-order chi connectivity index (χ0) is 13.7. The van der Waals surface area contributed by atoms with Gasteiger partial charge in [0.2, 0.25) is 0 Å². The summed E-state index contributed by atoms with van der Waals surface area (Å²) in [6.07, 6.45) is 11.9. The van der Waals surface area contributed by atoms with E-state index in [-0.39, 0.29) is 0 Å². The van der Waals surface area contributed by atoms with Gasteiger partial charge >= 0.3 is 8.56 Å². The summed E-state index contributed by atoms with van der Waals surface area (Å²) in [5, 5.41) is 3.33. The maximum Gasteiger partial charge on any atom is 0.334 e. The molecule has 0 aromatic heterocycles. The van der Waals surface area contributed by atoms with Crippen molar-refractivity contribution < 1.29 is 8.85 Å². The third-order valence-electron chi connectivity index (χ3n) is 3.28. The molecule has 0 bridgehead atoms. The van der Waals surface area contributed by atoms with Gasteiger partial charge in [-0.2, -0.15) is 0 Å². The van der Waals surface area contributed by atoms with Gasteiger partial charge in [-0.25, -0.2) is 0 Å². The average molecular weight is 273 g/mol. The van der Waals surface area contributed by atoms with Crippen molar-refractivity contribution in [2.45, 2.75) is 58.0 Å². The lowest BCUT2D eigenvalue weighted by molar-refractivity contribution is 0.248. The summed E-state index contributed by atoms with van der Waals surface area (Å²) in [4.78, 5) is 0. The molecule has 0 spiro atoms. The molecule has 108 valence electrons. The molecule has 0 unspecified atom stereocenters. The van der Waals surface area contributed by atoms with E-state index < -0.39 is 8.56 Å². The molecule has 0 amide bonds. The van der Waals surface area contributed by atoms with Crippen molar-refractivity contribution in [1.29, 1.82) is 0 Å². The van der Waals surface area contributed by atoms with Crippen molar-refractivity contribution >= 4 is 8.56 Å². The van der Waals surface area contributed by atoms with Gasteiger partial charge in [0.1, 0.15) is 0 Å². The van der Waals surface area contributed by atoms with Crippen molar-refractivity contribution in [3.8, 4) is 0 Å². The Morgan fingerprint density at radius 1 is 1.06 bits per heavy atom. The molecular weight excluding hydrogens is 242 g/mol. The highest BCUT2D eigenvalue weighted by Gasteiger charge is 2.27. The average Bonchev–Trinajstić information content (AvgIpc) is 2.40. The second kappa shape index (κ2) is 11.7. The molecule has 0 aliphatic rings. The van der Waals surface area contributed by atoms with Crippen LogP contribution in [-0.2, 0) is 8.85 Å². The third kappa shape index (κ3) is 9.68. The summed E-state index contributed by atoms with van der Waals surface area (Å²) in [7, 11) is 1.65. The Bertz CT molecular complexity index is 206. The van der Waals surface area contributed by atoms with Gasteiger partial charge in [0, 0.05) is 20.8 Å². The van der Waals surface area contributed by atoms with Crippen LogP contribution in [0.25, 0.3) is 0 Å². The van der Waals surface area contributed by atoms with Crippen LogP contribution in [0.5, 0.6) is 0 Å². The standard InChI is InChI=1S/C14H31NO2Si/c1-5-6-7-8-9-10-12-15-13-11-14-18(4,16-2)17-3/h10,12,15H,5-9,11,13-14H2,1-4H3. The highest BCUT2D eigenvalue weighted by atomic mass is 28.4. The first-order chi connectivity index (χ1) is 8.68. The van der Waals surface area contributed by atoms with Crippen LogP contribution < -0.4 is 5.32 Å². The molecule has 0 fully saturated rings. The minimum Gasteiger partial charge on any atom is -0.398 e. The van der Waals surface area contributed by atoms with E-state index in [2.05, 4.69) is 31.1 Å². The monoisotopic (exact) mass is 273 g/mol. The molecule has 0 heterocycles. The maximum absolute atomic E-state index is 5.44. The number of nitrogens with one attached hydrogen (secondary N) is 1. The van der Waals surface area contributed by atoms with Crippen LogP contribution in [0.2, 0.25) is 12.6 Å². The van der Waals surface area contributed by atoms with E-state index in [1.165, 1.54) is 32.1 Å². The highest BCUT2D eigenvalue weighted by Crippen LogP contribution is 2.12. The minimum atomic E-state index is -1.85. The number of unbranched alkanes of at least 4 members (excludes halogenated alkanes) is 4. The van der Waals surface area contributed by atoms with Gasteiger partial charge in [0.25, 0.3) is 0 Å². The first-order valence-corrected chi connectivity index (χ1v) is 9.69. The largest absolute Gasteiger partial charge is 0.398 e. The molecule has 0 saturated heterocycles. The first kappa shape index (κ1) is 17.7. The molecule has 0 saturated carbocycles. The summed E-state index contributed by atoms with van der Waals surface area (Å²) in [5.41, 5.74) is 0. The Labute approximate surface area is 114 Å². The Hall–Kier alpha value is -0.323. The lowest BCUT2D eigenvalue weighted by Gasteiger charge is -2.22. The zero-order valence-corrected chi connectivity index (χ0v) is 13.6. The summed E-state index contributed by atoms with van der Waals surface area (Å²) in [6, 6.07) is 1.04. The highest BCUT2D eigenvalue weighted by molar-refractivity contribution is 6.65. The van der Waals surface area contributed by atoms with Crippen LogP contribution in [0.1, 0.15) is 45.4 Å². The third-order valence-corrected chi connectivity index (χ3v) is 6.26. The Morgan fingerprint density at radius 2 is 1.78 bits per heavy atom. The van der Waals surface area contributed by atoms with E-state index in [4.69, 9.17) is 8.85 Å². The van der Waals surface area contributed by atoms with Crippen molar-refractivity contribution in [3.05, 3.63) is 12.3 Å². The molecular formula is C14H31NO2Si. The van der Waals surface area contributed by atoms with Gasteiger partial charge in [-0.3, -0.25) is 0 Å². The van der Waals surface area contributed by atoms with E-state index in [0.717, 1.165) is 19.0 Å². The maximum atomic E-state index is 5.44. The SMILES string of the molecule is CCCCCCC=CNCCC[Si](C)(OC)OC. The van der Waals surface area contributed by atoms with Crippen LogP contribution in [0.4, 0.5) is 0 Å². The van der Waals surface area contributed by atoms with Crippen molar-refractivity contribution in [2.24, 2.45) is 0 Å². The summed E-state index contributed by atoms with van der Waals surface area (Å²) in [6.45, 7) is 5.35. The minimum absolute atomic E-state index is 1.00. The zero-order valence-electron chi connectivity index (χ0n) is 12.6. The van der Waals surface area contributed by atoms with Crippen molar-refractivity contribution in [3.63, 3.8) is 0 Å². The molecule has 3 nitrogen and oxygen atoms in total. The van der Waals surface area contributed by atoms with Crippen molar-refractivity contribution in [1.82, 2.24) is 5.32 Å². The van der Waals surface area contributed by atoms with E-state index in [0.29, 0.717) is 0 Å². The predicted molar refractivity (Wildman–Crippen MR) is 81.0 cm³/mol. The van der Waals surface area contributed by atoms with Crippen LogP contribution in [-0.4, -0.2) is 29.3 Å². The van der Waals surface area contributed by atoms with Crippen molar-refractivity contribution in [2.75, 3.05) is 20.8 Å². The predicted octanol–water partition coefficient (Wildman–Crippen LogP) is 3.82. The van der Waals surface area contributed by atoms with Crippen LogP contribution >= 0.6 is 0 Å². The fraction of sp³-hybridized carbons (Fsp3) is 0.857. The number of hydrogen-bond donors (Lipinski definition) is 1. The van der Waals surface area contributed by atoms with Gasteiger partial charge in [-0.15, -0.1) is 0 Å². The lowest BCUT2D eigenvalue weighted by atomic mass is 10.1. The number of rotatable bonds is 12. The van der Waals surface area contributed by atoms with E-state index in [9.17, 15) is 0 Å². The number of allylic oxidation sites excluding steroid dienone is 1. The van der Waals surface area contributed by atoms with Crippen LogP contribution in [0.15, 0.2) is 12.3 Å². The van der Waals surface area contributed by atoms with E-state index in [1.807, 2.05) is 0 Å². The summed E-state index contributed by atoms with van der Waals surface area (Å²) >= 11 is 0. The van der Waals surface area contributed by atoms with Gasteiger partial charge in [0.05, 0.1) is 0 Å². The molecule has 18 heavy (non-hydrogen) atoms. The topological polar surface area (TPSA) is 30.5 Å². The quantitative estimate of drug-likeness (QED) is 0.433. The van der Waals surface area contributed by atoms with Gasteiger partial charge in [-0.1, -0.05) is 32.3 Å². The molecule has 0 radical (unpaired) electrons. The molecule has 1 N–H and O–H groups in total. The molecule has 0 atom stereocenters. The van der Waals surface area contributed by atoms with E-state index >= 15 is 0 Å². The normalized spacial score (nSPS) is 12.2. The fourth-order valence-corrected chi connectivity index (χ4v) is 3.13. The van der Waals surface area contributed by atoms with Crippen LogP contribution in [0, 0.1) is 0 Å². The smallest absolute Gasteiger partial charge is 0.334 e.